The third-order valence-corrected chi connectivity index (χ3v) is 2.62. The lowest BCUT2D eigenvalue weighted by atomic mass is 10.1. The van der Waals surface area contributed by atoms with Crippen LogP contribution in [-0.2, 0) is 6.61 Å². The number of hydrogen-bond donors (Lipinski definition) is 0. The molecule has 0 atom stereocenters. The molecule has 0 aliphatic carbocycles. The van der Waals surface area contributed by atoms with E-state index in [9.17, 15) is 13.6 Å². The second kappa shape index (κ2) is 6.09. The minimum atomic E-state index is -2.47. The summed E-state index contributed by atoms with van der Waals surface area (Å²) >= 11 is 0. The molecule has 0 unspecified atom stereocenters. The number of benzene rings is 2. The van der Waals surface area contributed by atoms with Crippen LogP contribution in [0.4, 0.5) is 8.78 Å². The fourth-order valence-electron chi connectivity index (χ4n) is 1.63. The number of hydrogen-bond acceptors (Lipinski definition) is 2. The van der Waals surface area contributed by atoms with Gasteiger partial charge in [0.15, 0.2) is 0 Å². The Morgan fingerprint density at radius 2 is 1.84 bits per heavy atom. The fourth-order valence-corrected chi connectivity index (χ4v) is 1.63. The molecule has 2 rings (SSSR count). The minimum Gasteiger partial charge on any atom is -0.489 e. The molecule has 0 fully saturated rings. The van der Waals surface area contributed by atoms with Gasteiger partial charge in [-0.25, -0.2) is 8.78 Å². The van der Waals surface area contributed by atoms with Gasteiger partial charge in [0, 0.05) is 11.1 Å². The number of alkyl halides is 2. The molecule has 0 N–H and O–H groups in total. The van der Waals surface area contributed by atoms with Crippen LogP contribution in [-0.4, -0.2) is 6.29 Å². The van der Waals surface area contributed by atoms with E-state index in [0.717, 1.165) is 11.8 Å². The van der Waals surface area contributed by atoms with Crippen molar-refractivity contribution in [3.8, 4) is 5.75 Å². The lowest BCUT2D eigenvalue weighted by Gasteiger charge is -2.07. The Hall–Kier alpha value is -2.23. The van der Waals surface area contributed by atoms with Crippen LogP contribution in [0.15, 0.2) is 48.5 Å². The molecule has 2 aromatic rings. The molecule has 0 radical (unpaired) electrons. The van der Waals surface area contributed by atoms with Crippen molar-refractivity contribution in [2.24, 2.45) is 0 Å². The van der Waals surface area contributed by atoms with E-state index >= 15 is 0 Å². The van der Waals surface area contributed by atoms with Gasteiger partial charge >= 0.3 is 0 Å². The van der Waals surface area contributed by atoms with Gasteiger partial charge in [-0.1, -0.05) is 18.2 Å². The summed E-state index contributed by atoms with van der Waals surface area (Å²) in [5.41, 5.74) is 1.40. The van der Waals surface area contributed by atoms with Gasteiger partial charge in [0.1, 0.15) is 18.6 Å². The predicted molar refractivity (Wildman–Crippen MR) is 67.6 cm³/mol. The minimum absolute atomic E-state index is 0.0321. The zero-order valence-electron chi connectivity index (χ0n) is 10.1. The smallest absolute Gasteiger partial charge is 0.263 e. The van der Waals surface area contributed by atoms with Crippen molar-refractivity contribution < 1.29 is 18.3 Å². The van der Waals surface area contributed by atoms with Crippen LogP contribution in [0.5, 0.6) is 5.75 Å². The number of carbonyl (C=O) groups excluding carboxylic acids is 1. The highest BCUT2D eigenvalue weighted by Crippen LogP contribution is 2.22. The Morgan fingerprint density at radius 1 is 1.11 bits per heavy atom. The van der Waals surface area contributed by atoms with Gasteiger partial charge in [-0.2, -0.15) is 0 Å². The summed E-state index contributed by atoms with van der Waals surface area (Å²) in [6.45, 7) is 0.287. The standard InChI is InChI=1S/C15H12F2O2/c16-15(17)13-4-6-14(7-5-13)19-10-12-3-1-2-11(8-12)9-18/h1-9,15H,10H2. The van der Waals surface area contributed by atoms with Crippen LogP contribution in [0.3, 0.4) is 0 Å². The molecule has 0 saturated carbocycles. The molecule has 0 heterocycles. The number of carbonyl (C=O) groups is 1. The SMILES string of the molecule is O=Cc1cccc(COc2ccc(C(F)F)cc2)c1. The lowest BCUT2D eigenvalue weighted by molar-refractivity contribution is 0.112. The van der Waals surface area contributed by atoms with Crippen LogP contribution in [0.1, 0.15) is 27.9 Å². The normalized spacial score (nSPS) is 10.5. The first-order valence-corrected chi connectivity index (χ1v) is 5.74. The second-order valence-electron chi connectivity index (χ2n) is 4.02. The summed E-state index contributed by atoms with van der Waals surface area (Å²) in [5.74, 6) is 0.515. The Balaban J connectivity index is 1.99. The van der Waals surface area contributed by atoms with Gasteiger partial charge in [-0.3, -0.25) is 4.79 Å². The van der Waals surface area contributed by atoms with Gasteiger partial charge in [-0.05, 0) is 35.9 Å². The molecule has 2 aromatic carbocycles. The van der Waals surface area contributed by atoms with E-state index < -0.39 is 6.43 Å². The molecule has 2 nitrogen and oxygen atoms in total. The van der Waals surface area contributed by atoms with Crippen LogP contribution in [0.2, 0.25) is 0 Å². The Bertz CT molecular complexity index is 550. The first kappa shape index (κ1) is 13.2. The molecule has 0 spiro atoms. The Kier molecular flexibility index (Phi) is 4.23. The van der Waals surface area contributed by atoms with E-state index in [1.54, 1.807) is 18.2 Å². The second-order valence-corrected chi connectivity index (χ2v) is 4.02. The van der Waals surface area contributed by atoms with Gasteiger partial charge in [-0.15, -0.1) is 0 Å². The van der Waals surface area contributed by atoms with Crippen molar-refractivity contribution in [2.45, 2.75) is 13.0 Å². The lowest BCUT2D eigenvalue weighted by Crippen LogP contribution is -1.96. The Labute approximate surface area is 109 Å². The van der Waals surface area contributed by atoms with Gasteiger partial charge in [0.05, 0.1) is 0 Å². The molecular weight excluding hydrogens is 250 g/mol. The third-order valence-electron chi connectivity index (χ3n) is 2.62. The molecule has 0 aromatic heterocycles. The van der Waals surface area contributed by atoms with Crippen LogP contribution in [0, 0.1) is 0 Å². The monoisotopic (exact) mass is 262 g/mol. The molecule has 4 heteroatoms. The molecule has 0 aliphatic heterocycles. The van der Waals surface area contributed by atoms with E-state index in [1.807, 2.05) is 6.07 Å². The van der Waals surface area contributed by atoms with E-state index in [2.05, 4.69) is 0 Å². The number of ether oxygens (including phenoxy) is 1. The van der Waals surface area contributed by atoms with Crippen LogP contribution in [0.25, 0.3) is 0 Å². The maximum Gasteiger partial charge on any atom is 0.263 e. The highest BCUT2D eigenvalue weighted by atomic mass is 19.3. The molecule has 98 valence electrons. The summed E-state index contributed by atoms with van der Waals surface area (Å²) in [6.07, 6.45) is -1.71. The third kappa shape index (κ3) is 3.61. The van der Waals surface area contributed by atoms with Crippen LogP contribution < -0.4 is 4.74 Å². The van der Waals surface area contributed by atoms with Crippen molar-refractivity contribution in [1.29, 1.82) is 0 Å². The first-order valence-electron chi connectivity index (χ1n) is 5.74. The number of aldehydes is 1. The van der Waals surface area contributed by atoms with Crippen molar-refractivity contribution >= 4 is 6.29 Å². The largest absolute Gasteiger partial charge is 0.489 e. The topological polar surface area (TPSA) is 26.3 Å². The maximum atomic E-state index is 12.4. The Morgan fingerprint density at radius 3 is 2.47 bits per heavy atom. The van der Waals surface area contributed by atoms with E-state index in [1.165, 1.54) is 24.3 Å². The zero-order valence-corrected chi connectivity index (χ0v) is 10.1. The van der Waals surface area contributed by atoms with Crippen molar-refractivity contribution in [1.82, 2.24) is 0 Å². The summed E-state index contributed by atoms with van der Waals surface area (Å²) in [5, 5.41) is 0. The summed E-state index contributed by atoms with van der Waals surface area (Å²) in [4.78, 5) is 10.6. The first-order chi connectivity index (χ1) is 9.19. The molecular formula is C15H12F2O2. The summed E-state index contributed by atoms with van der Waals surface area (Å²) < 4.78 is 30.2. The highest BCUT2D eigenvalue weighted by molar-refractivity contribution is 5.74. The van der Waals surface area contributed by atoms with E-state index in [-0.39, 0.29) is 12.2 Å². The maximum absolute atomic E-state index is 12.4. The summed E-state index contributed by atoms with van der Waals surface area (Å²) in [6, 6.07) is 12.7. The highest BCUT2D eigenvalue weighted by Gasteiger charge is 2.06. The molecule has 0 aliphatic rings. The average Bonchev–Trinajstić information content (AvgIpc) is 2.46. The summed E-state index contributed by atoms with van der Waals surface area (Å²) in [7, 11) is 0. The van der Waals surface area contributed by atoms with Crippen molar-refractivity contribution in [3.63, 3.8) is 0 Å². The van der Waals surface area contributed by atoms with Crippen molar-refractivity contribution in [3.05, 3.63) is 65.2 Å². The fraction of sp³-hybridized carbons (Fsp3) is 0.133. The van der Waals surface area contributed by atoms with Crippen molar-refractivity contribution in [2.75, 3.05) is 0 Å². The molecule has 19 heavy (non-hydrogen) atoms. The van der Waals surface area contributed by atoms with Crippen LogP contribution >= 0.6 is 0 Å². The number of rotatable bonds is 5. The number of halogens is 2. The molecule has 0 bridgehead atoms. The zero-order chi connectivity index (χ0) is 13.7. The van der Waals surface area contributed by atoms with Gasteiger partial charge in [0.25, 0.3) is 6.43 Å². The molecule has 0 amide bonds. The quantitative estimate of drug-likeness (QED) is 0.761. The molecule has 0 saturated heterocycles. The van der Waals surface area contributed by atoms with Gasteiger partial charge < -0.3 is 4.74 Å². The van der Waals surface area contributed by atoms with E-state index in [0.29, 0.717) is 11.3 Å². The van der Waals surface area contributed by atoms with E-state index in [4.69, 9.17) is 4.74 Å². The predicted octanol–water partition coefficient (Wildman–Crippen LogP) is 4.02. The van der Waals surface area contributed by atoms with Gasteiger partial charge in [0.2, 0.25) is 0 Å². The average molecular weight is 262 g/mol.